The second kappa shape index (κ2) is 13.2. The van der Waals surface area contributed by atoms with Gasteiger partial charge in [-0.2, -0.15) is 4.98 Å². The van der Waals surface area contributed by atoms with Gasteiger partial charge in [0.2, 0.25) is 17.7 Å². The molecular weight excluding hydrogens is 602 g/mol. The van der Waals surface area contributed by atoms with E-state index in [1.165, 1.54) is 4.88 Å². The summed E-state index contributed by atoms with van der Waals surface area (Å²) in [5, 5.41) is 4.36. The summed E-state index contributed by atoms with van der Waals surface area (Å²) in [7, 11) is 4.29. The molecule has 3 aliphatic rings. The van der Waals surface area contributed by atoms with Gasteiger partial charge in [0.25, 0.3) is 0 Å². The van der Waals surface area contributed by atoms with Gasteiger partial charge in [-0.05, 0) is 109 Å². The molecule has 0 radical (unpaired) electrons. The zero-order valence-corrected chi connectivity index (χ0v) is 28.5. The van der Waals surface area contributed by atoms with Crippen LogP contribution in [0.3, 0.4) is 0 Å². The summed E-state index contributed by atoms with van der Waals surface area (Å²) >= 11 is 1.68. The monoisotopic (exact) mass is 649 g/mol. The van der Waals surface area contributed by atoms with Crippen molar-refractivity contribution in [3.8, 4) is 5.88 Å². The van der Waals surface area contributed by atoms with Crippen LogP contribution in [0.4, 0.5) is 22.1 Å². The Morgan fingerprint density at radius 1 is 1.02 bits per heavy atom. The average Bonchev–Trinajstić information content (AvgIpc) is 3.56. The molecule has 248 valence electrons. The maximum Gasteiger partial charge on any atom is 0.410 e. The molecule has 1 saturated carbocycles. The molecule has 2 amide bonds. The molecule has 0 bridgehead atoms. The van der Waals surface area contributed by atoms with Crippen LogP contribution in [0.15, 0.2) is 24.3 Å². The molecule has 3 heterocycles. The molecule has 2 aromatic heterocycles. The number of nitrogens with one attached hydrogen (secondary N) is 1. The molecule has 3 N–H and O–H groups in total. The summed E-state index contributed by atoms with van der Waals surface area (Å²) in [4.78, 5) is 42.7. The lowest BCUT2D eigenvalue weighted by Crippen LogP contribution is -2.50. The van der Waals surface area contributed by atoms with Gasteiger partial charge in [0.15, 0.2) is 0 Å². The molecule has 1 saturated heterocycles. The van der Waals surface area contributed by atoms with Gasteiger partial charge in [-0.3, -0.25) is 4.79 Å². The largest absolute Gasteiger partial charge is 0.474 e. The summed E-state index contributed by atoms with van der Waals surface area (Å²) in [6.07, 6.45) is 6.11. The number of ether oxygens (including phenoxy) is 2. The number of aromatic nitrogens is 2. The van der Waals surface area contributed by atoms with Crippen LogP contribution in [-0.2, 0) is 16.0 Å². The number of thiophene rings is 1. The van der Waals surface area contributed by atoms with E-state index in [4.69, 9.17) is 25.2 Å². The van der Waals surface area contributed by atoms with Crippen molar-refractivity contribution in [3.05, 3.63) is 34.7 Å². The number of primary amides is 1. The molecular formula is C34H47N7O4S. The summed E-state index contributed by atoms with van der Waals surface area (Å²) < 4.78 is 12.2. The molecule has 2 fully saturated rings. The lowest BCUT2D eigenvalue weighted by molar-refractivity contribution is -0.118. The Bertz CT molecular complexity index is 1550. The molecule has 6 rings (SSSR count). The smallest absolute Gasteiger partial charge is 0.410 e. The van der Waals surface area contributed by atoms with Crippen molar-refractivity contribution in [2.45, 2.75) is 89.4 Å². The third-order valence-electron chi connectivity index (χ3n) is 9.28. The number of carbonyl (C=O) groups is 2. The Kier molecular flexibility index (Phi) is 9.29. The van der Waals surface area contributed by atoms with Gasteiger partial charge in [-0.25, -0.2) is 9.78 Å². The highest BCUT2D eigenvalue weighted by Crippen LogP contribution is 2.48. The molecule has 0 spiro atoms. The normalized spacial score (nSPS) is 21.8. The first-order valence-corrected chi connectivity index (χ1v) is 17.3. The number of fused-ring (bicyclic) bond motifs is 3. The molecule has 46 heavy (non-hydrogen) atoms. The number of benzene rings is 1. The van der Waals surface area contributed by atoms with Gasteiger partial charge < -0.3 is 35.2 Å². The number of nitrogens with two attached hydrogens (primary N) is 1. The minimum Gasteiger partial charge on any atom is -0.474 e. The number of nitrogens with zero attached hydrogens (tertiary/aromatic N) is 5. The van der Waals surface area contributed by atoms with Crippen LogP contribution in [0, 0.1) is 0 Å². The van der Waals surface area contributed by atoms with E-state index in [1.54, 1.807) is 16.2 Å². The number of amides is 2. The lowest BCUT2D eigenvalue weighted by atomic mass is 9.92. The van der Waals surface area contributed by atoms with E-state index in [-0.39, 0.29) is 24.0 Å². The van der Waals surface area contributed by atoms with Crippen molar-refractivity contribution in [2.75, 3.05) is 50.5 Å². The minimum atomic E-state index is -0.499. The zero-order valence-electron chi connectivity index (χ0n) is 27.7. The average molecular weight is 650 g/mol. The Hall–Kier alpha value is -3.64. The van der Waals surface area contributed by atoms with Gasteiger partial charge in [-0.15, -0.1) is 11.3 Å². The number of hydrogen-bond donors (Lipinski definition) is 2. The standard InChI is InChI=1S/C34H47N7O4S/c1-34(2,3)45-33(43)41-18-16-40(17-19-41)24-9-7-22(8-10-24)36-32-37-30(44-25-13-11-23(12-14-25)39(4)5)29-28-21(20-27(35)42)6-15-26(28)46-31(29)38-32/h7-10,21,23,25H,6,11-20H2,1-5H3,(H2,35,42)(H,36,37,38)/t21?,23-,25-. The van der Waals surface area contributed by atoms with Crippen molar-refractivity contribution in [3.63, 3.8) is 0 Å². The molecule has 3 aromatic rings. The molecule has 1 atom stereocenters. The molecule has 12 heteroatoms. The second-order valence-electron chi connectivity index (χ2n) is 14.0. The van der Waals surface area contributed by atoms with Gasteiger partial charge in [0.05, 0.1) is 5.39 Å². The van der Waals surface area contributed by atoms with E-state index >= 15 is 0 Å². The highest BCUT2D eigenvalue weighted by Gasteiger charge is 2.33. The first-order chi connectivity index (χ1) is 21.9. The first-order valence-electron chi connectivity index (χ1n) is 16.5. The number of hydrogen-bond acceptors (Lipinski definition) is 10. The summed E-state index contributed by atoms with van der Waals surface area (Å²) in [6, 6.07) is 8.80. The van der Waals surface area contributed by atoms with Crippen molar-refractivity contribution < 1.29 is 19.1 Å². The SMILES string of the molecule is CN(C)[C@H]1CC[C@H](Oc2nc(Nc3ccc(N4CCN(C(=O)OC(C)(C)C)CC4)cc3)nc3sc4c(c23)C(CC(N)=O)CC4)CC1. The second-order valence-corrected chi connectivity index (χ2v) is 15.1. The highest BCUT2D eigenvalue weighted by molar-refractivity contribution is 7.19. The number of aryl methyl sites for hydroxylation is 1. The fourth-order valence-corrected chi connectivity index (χ4v) is 8.15. The van der Waals surface area contributed by atoms with Gasteiger partial charge >= 0.3 is 6.09 Å². The van der Waals surface area contributed by atoms with Gasteiger partial charge in [0.1, 0.15) is 16.5 Å². The Morgan fingerprint density at radius 3 is 2.35 bits per heavy atom. The lowest BCUT2D eigenvalue weighted by Gasteiger charge is -2.36. The quantitative estimate of drug-likeness (QED) is 0.318. The van der Waals surface area contributed by atoms with Crippen LogP contribution in [0.2, 0.25) is 0 Å². The third-order valence-corrected chi connectivity index (χ3v) is 10.4. The van der Waals surface area contributed by atoms with Gasteiger partial charge in [0, 0.05) is 54.9 Å². The Balaban J connectivity index is 1.18. The maximum atomic E-state index is 12.5. The zero-order chi connectivity index (χ0) is 32.6. The van der Waals surface area contributed by atoms with Crippen LogP contribution in [-0.4, -0.2) is 89.8 Å². The van der Waals surface area contributed by atoms with Crippen LogP contribution < -0.4 is 20.7 Å². The van der Waals surface area contributed by atoms with Crippen LogP contribution >= 0.6 is 11.3 Å². The van der Waals surface area contributed by atoms with Crippen molar-refractivity contribution >= 4 is 50.9 Å². The van der Waals surface area contributed by atoms with Gasteiger partial charge in [-0.1, -0.05) is 0 Å². The van der Waals surface area contributed by atoms with E-state index in [0.717, 1.165) is 78.8 Å². The topological polar surface area (TPSA) is 126 Å². The molecule has 2 aliphatic carbocycles. The highest BCUT2D eigenvalue weighted by atomic mass is 32.1. The number of carbonyl (C=O) groups excluding carboxylic acids is 2. The van der Waals surface area contributed by atoms with Crippen molar-refractivity contribution in [1.82, 2.24) is 19.8 Å². The number of anilines is 3. The maximum absolute atomic E-state index is 12.5. The predicted octanol–water partition coefficient (Wildman–Crippen LogP) is 5.65. The van der Waals surface area contributed by atoms with E-state index in [1.807, 2.05) is 32.9 Å². The first kappa shape index (κ1) is 32.3. The predicted molar refractivity (Wildman–Crippen MR) is 182 cm³/mol. The number of rotatable bonds is 8. The molecule has 1 aliphatic heterocycles. The van der Waals surface area contributed by atoms with E-state index in [9.17, 15) is 9.59 Å². The van der Waals surface area contributed by atoms with E-state index in [2.05, 4.69) is 41.3 Å². The van der Waals surface area contributed by atoms with E-state index < -0.39 is 5.60 Å². The van der Waals surface area contributed by atoms with Crippen LogP contribution in [0.1, 0.15) is 75.7 Å². The van der Waals surface area contributed by atoms with Crippen molar-refractivity contribution in [2.24, 2.45) is 5.73 Å². The summed E-state index contributed by atoms with van der Waals surface area (Å²) in [6.45, 7) is 8.38. The Labute approximate surface area is 275 Å². The fourth-order valence-electron chi connectivity index (χ4n) is 6.89. The molecule has 1 unspecified atom stereocenters. The van der Waals surface area contributed by atoms with Crippen molar-refractivity contribution in [1.29, 1.82) is 0 Å². The molecule has 1 aromatic carbocycles. The minimum absolute atomic E-state index is 0.0778. The third kappa shape index (κ3) is 7.33. The van der Waals surface area contributed by atoms with Crippen LogP contribution in [0.5, 0.6) is 5.88 Å². The molecule has 11 nitrogen and oxygen atoms in total. The summed E-state index contributed by atoms with van der Waals surface area (Å²) in [5.74, 6) is 0.895. The fraction of sp³-hybridized carbons (Fsp3) is 0.588. The summed E-state index contributed by atoms with van der Waals surface area (Å²) in [5.41, 5.74) is 8.26. The van der Waals surface area contributed by atoms with Crippen LogP contribution in [0.25, 0.3) is 10.2 Å². The number of piperazine rings is 1. The Morgan fingerprint density at radius 2 is 1.72 bits per heavy atom. The van der Waals surface area contributed by atoms with E-state index in [0.29, 0.717) is 37.4 Å².